The molecule has 3 heteroatoms. The monoisotopic (exact) mass is 157 g/mol. The molecule has 0 atom stereocenters. The molecule has 0 spiro atoms. The van der Waals surface area contributed by atoms with E-state index in [1.807, 2.05) is 5.01 Å². The van der Waals surface area contributed by atoms with Crippen LogP contribution in [0.5, 0.6) is 0 Å². The van der Waals surface area contributed by atoms with Gasteiger partial charge in [0.15, 0.2) is 0 Å². The highest BCUT2D eigenvalue weighted by Gasteiger charge is 2.15. The van der Waals surface area contributed by atoms with Gasteiger partial charge in [0, 0.05) is 19.1 Å². The van der Waals surface area contributed by atoms with Gasteiger partial charge in [0.2, 0.25) is 0 Å². The van der Waals surface area contributed by atoms with Gasteiger partial charge < -0.3 is 5.32 Å². The largest absolute Gasteiger partial charge is 0.314 e. The number of piperidine rings is 1. The summed E-state index contributed by atoms with van der Waals surface area (Å²) < 4.78 is 0. The van der Waals surface area contributed by atoms with E-state index in [0.29, 0.717) is 0 Å². The van der Waals surface area contributed by atoms with Crippen molar-refractivity contribution in [1.82, 2.24) is 10.3 Å². The number of nitrogens with two attached hydrogens (primary N) is 1. The van der Waals surface area contributed by atoms with E-state index < -0.39 is 0 Å². The van der Waals surface area contributed by atoms with Crippen LogP contribution < -0.4 is 11.2 Å². The lowest BCUT2D eigenvalue weighted by molar-refractivity contribution is 0.202. The Hall–Kier alpha value is -0.120. The van der Waals surface area contributed by atoms with Crippen molar-refractivity contribution in [1.29, 1.82) is 0 Å². The van der Waals surface area contributed by atoms with Crippen LogP contribution >= 0.6 is 0 Å². The van der Waals surface area contributed by atoms with Crippen molar-refractivity contribution in [3.63, 3.8) is 0 Å². The summed E-state index contributed by atoms with van der Waals surface area (Å²) in [7, 11) is 0. The summed E-state index contributed by atoms with van der Waals surface area (Å²) in [6.45, 7) is 5.43. The quantitative estimate of drug-likeness (QED) is 0.580. The molecule has 3 N–H and O–H groups in total. The molecule has 66 valence electrons. The van der Waals surface area contributed by atoms with Gasteiger partial charge >= 0.3 is 0 Å². The summed E-state index contributed by atoms with van der Waals surface area (Å²) in [6.07, 6.45) is 3.63. The Morgan fingerprint density at radius 3 is 2.64 bits per heavy atom. The Morgan fingerprint density at radius 2 is 2.09 bits per heavy atom. The molecule has 0 aromatic heterocycles. The molecule has 1 fully saturated rings. The summed E-state index contributed by atoms with van der Waals surface area (Å²) in [6, 6.07) is 0.717. The summed E-state index contributed by atoms with van der Waals surface area (Å²) in [5.74, 6) is 5.63. The second kappa shape index (κ2) is 4.70. The third-order valence-corrected chi connectivity index (χ3v) is 2.21. The second-order valence-electron chi connectivity index (χ2n) is 3.26. The van der Waals surface area contributed by atoms with Crippen LogP contribution in [0.25, 0.3) is 0 Å². The molecule has 0 aromatic carbocycles. The zero-order chi connectivity index (χ0) is 8.10. The van der Waals surface area contributed by atoms with Gasteiger partial charge in [-0.15, -0.1) is 0 Å². The van der Waals surface area contributed by atoms with Gasteiger partial charge in [-0.3, -0.25) is 5.84 Å². The minimum atomic E-state index is 0.717. The van der Waals surface area contributed by atoms with E-state index in [1.54, 1.807) is 0 Å². The van der Waals surface area contributed by atoms with Crippen molar-refractivity contribution in [2.75, 3.05) is 19.6 Å². The summed E-state index contributed by atoms with van der Waals surface area (Å²) in [5.41, 5.74) is 0. The average Bonchev–Trinajstić information content (AvgIpc) is 2.04. The lowest BCUT2D eigenvalue weighted by Gasteiger charge is -2.29. The molecular formula is C8H19N3. The minimum absolute atomic E-state index is 0.717. The van der Waals surface area contributed by atoms with Crippen LogP contribution in [-0.4, -0.2) is 30.7 Å². The number of rotatable bonds is 3. The van der Waals surface area contributed by atoms with Crippen molar-refractivity contribution < 1.29 is 0 Å². The molecule has 0 aromatic rings. The van der Waals surface area contributed by atoms with Gasteiger partial charge in [0.1, 0.15) is 0 Å². The first-order valence-corrected chi connectivity index (χ1v) is 4.56. The summed E-state index contributed by atoms with van der Waals surface area (Å²) in [5, 5.41) is 5.42. The number of hydrazine groups is 1. The van der Waals surface area contributed by atoms with Crippen molar-refractivity contribution in [3.05, 3.63) is 0 Å². The molecule has 0 aliphatic carbocycles. The first-order chi connectivity index (χ1) is 5.33. The second-order valence-corrected chi connectivity index (χ2v) is 3.26. The Kier molecular flexibility index (Phi) is 3.83. The molecule has 0 unspecified atom stereocenters. The number of hydrogen-bond donors (Lipinski definition) is 2. The maximum Gasteiger partial charge on any atom is 0.0143 e. The fourth-order valence-electron chi connectivity index (χ4n) is 1.45. The molecule has 1 aliphatic heterocycles. The van der Waals surface area contributed by atoms with Crippen LogP contribution in [-0.2, 0) is 0 Å². The predicted octanol–water partition coefficient (Wildman–Crippen LogP) is 0.324. The number of nitrogens with one attached hydrogen (secondary N) is 1. The third kappa shape index (κ3) is 3.18. The Bertz CT molecular complexity index is 94.8. The Balaban J connectivity index is 2.07. The first kappa shape index (κ1) is 8.97. The highest BCUT2D eigenvalue weighted by molar-refractivity contribution is 4.73. The van der Waals surface area contributed by atoms with Gasteiger partial charge in [-0.1, -0.05) is 6.92 Å². The molecule has 0 saturated carbocycles. The molecular weight excluding hydrogens is 138 g/mol. The van der Waals surface area contributed by atoms with Gasteiger partial charge in [0.25, 0.3) is 0 Å². The summed E-state index contributed by atoms with van der Waals surface area (Å²) in [4.78, 5) is 0. The van der Waals surface area contributed by atoms with E-state index in [9.17, 15) is 0 Å². The van der Waals surface area contributed by atoms with Crippen molar-refractivity contribution in [2.24, 2.45) is 5.84 Å². The fourth-order valence-corrected chi connectivity index (χ4v) is 1.45. The SMILES string of the molecule is CCCNC1CCN(N)CC1. The van der Waals surface area contributed by atoms with E-state index in [-0.39, 0.29) is 0 Å². The van der Waals surface area contributed by atoms with Crippen LogP contribution in [0.3, 0.4) is 0 Å². The van der Waals surface area contributed by atoms with Gasteiger partial charge in [-0.05, 0) is 25.8 Å². The molecule has 0 amide bonds. The van der Waals surface area contributed by atoms with E-state index in [1.165, 1.54) is 19.3 Å². The van der Waals surface area contributed by atoms with Crippen LogP contribution in [0.15, 0.2) is 0 Å². The normalized spacial score (nSPS) is 22.4. The van der Waals surface area contributed by atoms with E-state index in [2.05, 4.69) is 12.2 Å². The van der Waals surface area contributed by atoms with Crippen LogP contribution in [0.1, 0.15) is 26.2 Å². The lowest BCUT2D eigenvalue weighted by Crippen LogP contribution is -2.45. The standard InChI is InChI=1S/C8H19N3/c1-2-5-10-8-3-6-11(9)7-4-8/h8,10H,2-7,9H2,1H3. The summed E-state index contributed by atoms with van der Waals surface area (Å²) >= 11 is 0. The number of nitrogens with zero attached hydrogens (tertiary/aromatic N) is 1. The maximum absolute atomic E-state index is 5.63. The highest BCUT2D eigenvalue weighted by Crippen LogP contribution is 2.06. The molecule has 0 radical (unpaired) electrons. The van der Waals surface area contributed by atoms with E-state index >= 15 is 0 Å². The molecule has 3 nitrogen and oxygen atoms in total. The van der Waals surface area contributed by atoms with Crippen LogP contribution in [0.4, 0.5) is 0 Å². The Morgan fingerprint density at radius 1 is 1.45 bits per heavy atom. The smallest absolute Gasteiger partial charge is 0.0143 e. The molecule has 1 rings (SSSR count). The maximum atomic E-state index is 5.63. The van der Waals surface area contributed by atoms with E-state index in [4.69, 9.17) is 5.84 Å². The zero-order valence-electron chi connectivity index (χ0n) is 7.34. The molecule has 0 bridgehead atoms. The van der Waals surface area contributed by atoms with Crippen LogP contribution in [0, 0.1) is 0 Å². The molecule has 1 aliphatic rings. The fraction of sp³-hybridized carbons (Fsp3) is 1.00. The third-order valence-electron chi connectivity index (χ3n) is 2.21. The molecule has 1 saturated heterocycles. The Labute approximate surface area is 68.9 Å². The molecule has 1 heterocycles. The van der Waals surface area contributed by atoms with E-state index in [0.717, 1.165) is 25.7 Å². The van der Waals surface area contributed by atoms with Gasteiger partial charge in [-0.25, -0.2) is 5.01 Å². The van der Waals surface area contributed by atoms with Crippen molar-refractivity contribution in [2.45, 2.75) is 32.2 Å². The van der Waals surface area contributed by atoms with Crippen LogP contribution in [0.2, 0.25) is 0 Å². The van der Waals surface area contributed by atoms with Gasteiger partial charge in [-0.2, -0.15) is 0 Å². The molecule has 11 heavy (non-hydrogen) atoms. The highest BCUT2D eigenvalue weighted by atomic mass is 15.4. The van der Waals surface area contributed by atoms with Crippen molar-refractivity contribution >= 4 is 0 Å². The lowest BCUT2D eigenvalue weighted by atomic mass is 10.1. The number of hydrogen-bond acceptors (Lipinski definition) is 3. The average molecular weight is 157 g/mol. The van der Waals surface area contributed by atoms with Crippen molar-refractivity contribution in [3.8, 4) is 0 Å². The van der Waals surface area contributed by atoms with Gasteiger partial charge in [0.05, 0.1) is 0 Å². The minimum Gasteiger partial charge on any atom is -0.314 e. The predicted molar refractivity (Wildman–Crippen MR) is 47.1 cm³/mol. The zero-order valence-corrected chi connectivity index (χ0v) is 7.34. The first-order valence-electron chi connectivity index (χ1n) is 4.56. The topological polar surface area (TPSA) is 41.3 Å².